The Balaban J connectivity index is 0.00000121. The quantitative estimate of drug-likeness (QED) is 0.192. The molecule has 0 saturated heterocycles. The van der Waals surface area contributed by atoms with Crippen molar-refractivity contribution in [3.8, 4) is 22.8 Å². The molecule has 5 N–H and O–H groups in total. The van der Waals surface area contributed by atoms with Crippen LogP contribution in [0, 0.1) is 17.0 Å². The minimum Gasteiger partial charge on any atom is -0.384 e. The van der Waals surface area contributed by atoms with Gasteiger partial charge >= 0.3 is 0 Å². The molecule has 0 aliphatic heterocycles. The zero-order chi connectivity index (χ0) is 20.1. The molecule has 2 heterocycles. The van der Waals surface area contributed by atoms with Crippen molar-refractivity contribution in [1.29, 1.82) is 5.41 Å². The van der Waals surface area contributed by atoms with E-state index in [4.69, 9.17) is 11.1 Å². The fraction of sp³-hybridized carbons (Fsp3) is 0. The van der Waals surface area contributed by atoms with E-state index < -0.39 is 11.6 Å². The number of imidazole rings is 2. The van der Waals surface area contributed by atoms with E-state index in [1.807, 2.05) is 24.3 Å². The van der Waals surface area contributed by atoms with Gasteiger partial charge in [0, 0.05) is 16.7 Å². The van der Waals surface area contributed by atoms with Gasteiger partial charge in [0.2, 0.25) is 0 Å². The van der Waals surface area contributed by atoms with E-state index in [0.29, 0.717) is 28.3 Å². The molecular weight excluding hydrogens is 481 g/mol. The van der Waals surface area contributed by atoms with Gasteiger partial charge in [0.15, 0.2) is 11.6 Å². The molecule has 32 heavy (non-hydrogen) atoms. The van der Waals surface area contributed by atoms with Crippen LogP contribution in [0.25, 0.3) is 44.8 Å². The summed E-state index contributed by atoms with van der Waals surface area (Å²) in [5, 5.41) is 7.56. The Kier molecular flexibility index (Phi) is 7.46. The number of nitrogen functional groups attached to an aromatic ring is 1. The molecule has 0 atom stereocenters. The third-order valence-corrected chi connectivity index (χ3v) is 4.74. The Morgan fingerprint density at radius 3 is 1.84 bits per heavy atom. The number of halogens is 5. The zero-order valence-electron chi connectivity index (χ0n) is 16.1. The van der Waals surface area contributed by atoms with E-state index in [1.165, 1.54) is 6.07 Å². The second kappa shape index (κ2) is 9.52. The molecule has 0 amide bonds. The molecule has 0 unspecified atom stereocenters. The largest absolute Gasteiger partial charge is 0.384 e. The Hall–Kier alpha value is -3.20. The summed E-state index contributed by atoms with van der Waals surface area (Å²) in [7, 11) is 0. The molecule has 6 nitrogen and oxygen atoms in total. The number of H-pyrrole nitrogens is 2. The van der Waals surface area contributed by atoms with Gasteiger partial charge in [0.25, 0.3) is 0 Å². The van der Waals surface area contributed by atoms with Crippen LogP contribution in [0.1, 0.15) is 5.56 Å². The lowest BCUT2D eigenvalue weighted by Crippen LogP contribution is -2.10. The topological polar surface area (TPSA) is 107 Å². The van der Waals surface area contributed by atoms with Crippen molar-refractivity contribution < 1.29 is 8.78 Å². The molecule has 0 fully saturated rings. The van der Waals surface area contributed by atoms with E-state index in [1.54, 1.807) is 12.1 Å². The van der Waals surface area contributed by atoms with Crippen LogP contribution in [-0.4, -0.2) is 25.8 Å². The van der Waals surface area contributed by atoms with Crippen LogP contribution in [-0.2, 0) is 0 Å². The molecule has 0 aliphatic carbocycles. The van der Waals surface area contributed by atoms with Crippen molar-refractivity contribution in [1.82, 2.24) is 19.9 Å². The monoisotopic (exact) mass is 496 g/mol. The van der Waals surface area contributed by atoms with Crippen molar-refractivity contribution >= 4 is 65.1 Å². The number of aromatic amines is 2. The van der Waals surface area contributed by atoms with Crippen molar-refractivity contribution in [2.45, 2.75) is 0 Å². The second-order valence-corrected chi connectivity index (χ2v) is 6.68. The van der Waals surface area contributed by atoms with Gasteiger partial charge in [-0.15, -0.1) is 37.2 Å². The van der Waals surface area contributed by atoms with Crippen LogP contribution < -0.4 is 5.73 Å². The number of rotatable bonds is 3. The lowest BCUT2D eigenvalue weighted by atomic mass is 10.2. The molecule has 0 spiro atoms. The lowest BCUT2D eigenvalue weighted by molar-refractivity contribution is 0.509. The normalized spacial score (nSPS) is 10.3. The summed E-state index contributed by atoms with van der Waals surface area (Å²) in [5.41, 5.74) is 10.4. The number of nitrogens with zero attached hydrogens (tertiary/aromatic N) is 2. The second-order valence-electron chi connectivity index (χ2n) is 6.68. The number of amidine groups is 1. The zero-order valence-corrected chi connectivity index (χ0v) is 18.6. The van der Waals surface area contributed by atoms with Crippen LogP contribution in [0.5, 0.6) is 0 Å². The van der Waals surface area contributed by atoms with E-state index in [2.05, 4.69) is 19.9 Å². The first-order valence-corrected chi connectivity index (χ1v) is 8.78. The van der Waals surface area contributed by atoms with Gasteiger partial charge in [-0.25, -0.2) is 18.7 Å². The molecule has 0 saturated carbocycles. The molecule has 11 heteroatoms. The van der Waals surface area contributed by atoms with E-state index in [-0.39, 0.29) is 43.1 Å². The van der Waals surface area contributed by atoms with Crippen molar-refractivity contribution in [2.75, 3.05) is 0 Å². The number of hydrogen-bond acceptors (Lipinski definition) is 3. The molecule has 0 aliphatic rings. The minimum atomic E-state index is -0.921. The smallest absolute Gasteiger partial charge is 0.159 e. The van der Waals surface area contributed by atoms with Crippen LogP contribution in [0.3, 0.4) is 0 Å². The summed E-state index contributed by atoms with van der Waals surface area (Å²) < 4.78 is 26.7. The highest BCUT2D eigenvalue weighted by Gasteiger charge is 2.12. The minimum absolute atomic E-state index is 0. The van der Waals surface area contributed by atoms with Gasteiger partial charge in [-0.05, 0) is 54.6 Å². The van der Waals surface area contributed by atoms with Crippen LogP contribution in [0.15, 0.2) is 54.6 Å². The average molecular weight is 498 g/mol. The Labute approximate surface area is 199 Å². The first-order valence-electron chi connectivity index (χ1n) is 8.78. The summed E-state index contributed by atoms with van der Waals surface area (Å²) in [6.45, 7) is 0. The summed E-state index contributed by atoms with van der Waals surface area (Å²) >= 11 is 0. The van der Waals surface area contributed by atoms with Crippen LogP contribution in [0.4, 0.5) is 8.78 Å². The fourth-order valence-electron chi connectivity index (χ4n) is 3.25. The maximum atomic E-state index is 13.5. The highest BCUT2D eigenvalue weighted by Crippen LogP contribution is 2.27. The van der Waals surface area contributed by atoms with Crippen molar-refractivity contribution in [3.63, 3.8) is 0 Å². The number of aromatic nitrogens is 4. The highest BCUT2D eigenvalue weighted by molar-refractivity contribution is 5.98. The number of hydrogen-bond donors (Lipinski definition) is 4. The van der Waals surface area contributed by atoms with Crippen LogP contribution in [0.2, 0.25) is 0 Å². The van der Waals surface area contributed by atoms with Gasteiger partial charge in [-0.3, -0.25) is 5.41 Å². The first-order chi connectivity index (χ1) is 14.0. The Morgan fingerprint density at radius 1 is 0.719 bits per heavy atom. The standard InChI is InChI=1S/C21H14F2N6.3ClH/c22-13-4-1-11(7-14(13)23)20-26-16-6-3-12(9-18(16)29-20)21-27-15-5-2-10(19(24)25)8-17(15)28-21;;;/h1-9H,(H3,24,25)(H,26,29)(H,27,28);3*1H. The number of nitrogens with one attached hydrogen (secondary N) is 3. The average Bonchev–Trinajstić information content (AvgIpc) is 3.32. The highest BCUT2D eigenvalue weighted by atomic mass is 35.5. The van der Waals surface area contributed by atoms with Gasteiger partial charge in [-0.2, -0.15) is 0 Å². The first kappa shape index (κ1) is 25.1. The molecule has 5 aromatic rings. The van der Waals surface area contributed by atoms with Crippen molar-refractivity contribution in [3.05, 3.63) is 71.8 Å². The lowest BCUT2D eigenvalue weighted by Gasteiger charge is -1.97. The fourth-order valence-corrected chi connectivity index (χ4v) is 3.25. The third kappa shape index (κ3) is 4.38. The Morgan fingerprint density at radius 2 is 1.25 bits per heavy atom. The number of fused-ring (bicyclic) bond motifs is 2. The Bertz CT molecular complexity index is 1430. The summed E-state index contributed by atoms with van der Waals surface area (Å²) in [4.78, 5) is 15.4. The molecule has 3 aromatic carbocycles. The third-order valence-electron chi connectivity index (χ3n) is 4.74. The van der Waals surface area contributed by atoms with Gasteiger partial charge in [0.1, 0.15) is 17.5 Å². The maximum absolute atomic E-state index is 13.5. The molecule has 166 valence electrons. The van der Waals surface area contributed by atoms with E-state index >= 15 is 0 Å². The molecule has 0 bridgehead atoms. The maximum Gasteiger partial charge on any atom is 0.159 e. The number of benzene rings is 3. The summed E-state index contributed by atoms with van der Waals surface area (Å²) in [6.07, 6.45) is 0. The van der Waals surface area contributed by atoms with Crippen LogP contribution >= 0.6 is 37.2 Å². The predicted octanol–water partition coefficient (Wildman–Crippen LogP) is 5.60. The number of nitrogens with two attached hydrogens (primary N) is 1. The summed E-state index contributed by atoms with van der Waals surface area (Å²) in [6, 6.07) is 14.6. The van der Waals surface area contributed by atoms with E-state index in [0.717, 1.165) is 34.2 Å². The summed E-state index contributed by atoms with van der Waals surface area (Å²) in [5.74, 6) is -0.717. The van der Waals surface area contributed by atoms with Gasteiger partial charge in [-0.1, -0.05) is 0 Å². The van der Waals surface area contributed by atoms with Gasteiger partial charge in [0.05, 0.1) is 22.1 Å². The molecular formula is C21H17Cl3F2N6. The van der Waals surface area contributed by atoms with Crippen molar-refractivity contribution in [2.24, 2.45) is 5.73 Å². The van der Waals surface area contributed by atoms with Gasteiger partial charge < -0.3 is 15.7 Å². The predicted molar refractivity (Wildman–Crippen MR) is 129 cm³/mol. The molecule has 0 radical (unpaired) electrons. The molecule has 2 aromatic heterocycles. The SMILES string of the molecule is Cl.Cl.Cl.N=C(N)c1ccc2nc(-c3ccc4nc(-c5ccc(F)c(F)c5)[nH]c4c3)[nH]c2c1. The molecule has 5 rings (SSSR count). The van der Waals surface area contributed by atoms with E-state index in [9.17, 15) is 8.78 Å².